The first kappa shape index (κ1) is 14.6. The number of nitrogens with two attached hydrogens (primary N) is 1. The van der Waals surface area contributed by atoms with Crippen LogP contribution in [0.25, 0.3) is 11.3 Å². The van der Waals surface area contributed by atoms with Crippen molar-refractivity contribution in [2.24, 2.45) is 5.73 Å². The number of aromatic nitrogens is 2. The standard InChI is InChI=1S/C13H12F2N4O2/c14-8-2-1-3-9(15)11(8)12-7(6-18-19-12)13(21)17-5-4-10(16)20/h1-3,6H,4-5H2,(H2,16,20)(H,17,21)(H,18,19). The molecule has 0 aliphatic rings. The Morgan fingerprint density at radius 1 is 1.29 bits per heavy atom. The van der Waals surface area contributed by atoms with Crippen LogP contribution < -0.4 is 11.1 Å². The summed E-state index contributed by atoms with van der Waals surface area (Å²) in [7, 11) is 0. The monoisotopic (exact) mass is 294 g/mol. The number of carbonyl (C=O) groups is 2. The third-order valence-electron chi connectivity index (χ3n) is 2.75. The highest BCUT2D eigenvalue weighted by molar-refractivity contribution is 6.00. The summed E-state index contributed by atoms with van der Waals surface area (Å²) in [6.07, 6.45) is 1.12. The summed E-state index contributed by atoms with van der Waals surface area (Å²) in [5, 5.41) is 8.46. The van der Waals surface area contributed by atoms with Crippen LogP contribution in [-0.2, 0) is 4.79 Å². The van der Waals surface area contributed by atoms with Crippen molar-refractivity contribution in [2.75, 3.05) is 6.54 Å². The highest BCUT2D eigenvalue weighted by atomic mass is 19.1. The average molecular weight is 294 g/mol. The maximum atomic E-state index is 13.7. The zero-order valence-electron chi connectivity index (χ0n) is 10.8. The molecule has 0 saturated carbocycles. The number of aromatic amines is 1. The summed E-state index contributed by atoms with van der Waals surface area (Å²) < 4.78 is 27.5. The van der Waals surface area contributed by atoms with E-state index in [0.29, 0.717) is 0 Å². The maximum Gasteiger partial charge on any atom is 0.255 e. The van der Waals surface area contributed by atoms with Crippen LogP contribution in [0.2, 0.25) is 0 Å². The van der Waals surface area contributed by atoms with Gasteiger partial charge in [-0.1, -0.05) is 6.07 Å². The number of primary amides is 1. The minimum atomic E-state index is -0.814. The summed E-state index contributed by atoms with van der Waals surface area (Å²) in [4.78, 5) is 22.5. The Morgan fingerprint density at radius 3 is 2.57 bits per heavy atom. The Morgan fingerprint density at radius 2 is 1.95 bits per heavy atom. The van der Waals surface area contributed by atoms with Gasteiger partial charge in [-0.25, -0.2) is 8.78 Å². The fourth-order valence-corrected chi connectivity index (χ4v) is 1.78. The van der Waals surface area contributed by atoms with Gasteiger partial charge in [0.05, 0.1) is 23.0 Å². The first-order valence-electron chi connectivity index (χ1n) is 6.05. The van der Waals surface area contributed by atoms with E-state index in [9.17, 15) is 18.4 Å². The molecule has 2 amide bonds. The fraction of sp³-hybridized carbons (Fsp3) is 0.154. The largest absolute Gasteiger partial charge is 0.370 e. The number of H-pyrrole nitrogens is 1. The van der Waals surface area contributed by atoms with Crippen LogP contribution in [0.15, 0.2) is 24.4 Å². The molecule has 4 N–H and O–H groups in total. The van der Waals surface area contributed by atoms with Gasteiger partial charge < -0.3 is 11.1 Å². The molecule has 0 atom stereocenters. The molecule has 1 aromatic carbocycles. The zero-order chi connectivity index (χ0) is 15.4. The van der Waals surface area contributed by atoms with Crippen LogP contribution in [0.5, 0.6) is 0 Å². The van der Waals surface area contributed by atoms with Gasteiger partial charge in [0, 0.05) is 13.0 Å². The molecule has 0 spiro atoms. The second-order valence-electron chi connectivity index (χ2n) is 4.23. The molecule has 1 aromatic heterocycles. The van der Waals surface area contributed by atoms with Crippen molar-refractivity contribution in [1.29, 1.82) is 0 Å². The van der Waals surface area contributed by atoms with Crippen molar-refractivity contribution >= 4 is 11.8 Å². The number of hydrogen-bond acceptors (Lipinski definition) is 3. The van der Waals surface area contributed by atoms with Crippen molar-refractivity contribution in [1.82, 2.24) is 15.5 Å². The lowest BCUT2D eigenvalue weighted by Crippen LogP contribution is -2.28. The third kappa shape index (κ3) is 3.22. The van der Waals surface area contributed by atoms with Gasteiger partial charge in [-0.15, -0.1) is 0 Å². The van der Waals surface area contributed by atoms with E-state index >= 15 is 0 Å². The molecule has 1 heterocycles. The molecule has 0 unspecified atom stereocenters. The quantitative estimate of drug-likeness (QED) is 0.765. The molecule has 21 heavy (non-hydrogen) atoms. The maximum absolute atomic E-state index is 13.7. The topological polar surface area (TPSA) is 101 Å². The van der Waals surface area contributed by atoms with E-state index in [4.69, 9.17) is 5.73 Å². The highest BCUT2D eigenvalue weighted by Crippen LogP contribution is 2.26. The number of halogens is 2. The van der Waals surface area contributed by atoms with Crippen molar-refractivity contribution in [2.45, 2.75) is 6.42 Å². The third-order valence-corrected chi connectivity index (χ3v) is 2.75. The number of nitrogens with one attached hydrogen (secondary N) is 2. The molecule has 8 heteroatoms. The molecular formula is C13H12F2N4O2. The van der Waals surface area contributed by atoms with Gasteiger partial charge in [-0.05, 0) is 12.1 Å². The van der Waals surface area contributed by atoms with E-state index in [-0.39, 0.29) is 29.8 Å². The molecule has 0 saturated heterocycles. The zero-order valence-corrected chi connectivity index (χ0v) is 10.8. The van der Waals surface area contributed by atoms with Gasteiger partial charge in [0.1, 0.15) is 11.6 Å². The van der Waals surface area contributed by atoms with E-state index in [1.807, 2.05) is 0 Å². The van der Waals surface area contributed by atoms with Crippen molar-refractivity contribution in [3.8, 4) is 11.3 Å². The van der Waals surface area contributed by atoms with Crippen LogP contribution in [0.3, 0.4) is 0 Å². The average Bonchev–Trinajstić information content (AvgIpc) is 2.87. The Hall–Kier alpha value is -2.77. The molecule has 0 bridgehead atoms. The van der Waals surface area contributed by atoms with Crippen LogP contribution in [-0.4, -0.2) is 28.6 Å². The summed E-state index contributed by atoms with van der Waals surface area (Å²) in [6.45, 7) is 0.0263. The lowest BCUT2D eigenvalue weighted by molar-refractivity contribution is -0.117. The van der Waals surface area contributed by atoms with E-state index in [1.165, 1.54) is 6.07 Å². The van der Waals surface area contributed by atoms with Crippen molar-refractivity contribution < 1.29 is 18.4 Å². The smallest absolute Gasteiger partial charge is 0.255 e. The van der Waals surface area contributed by atoms with Gasteiger partial charge in [0.15, 0.2) is 0 Å². The number of carbonyl (C=O) groups excluding carboxylic acids is 2. The van der Waals surface area contributed by atoms with Gasteiger partial charge >= 0.3 is 0 Å². The van der Waals surface area contributed by atoms with Crippen LogP contribution >= 0.6 is 0 Å². The van der Waals surface area contributed by atoms with Gasteiger partial charge in [-0.3, -0.25) is 14.7 Å². The first-order chi connectivity index (χ1) is 10.0. The second-order valence-corrected chi connectivity index (χ2v) is 4.23. The van der Waals surface area contributed by atoms with Gasteiger partial charge in [-0.2, -0.15) is 5.10 Å². The van der Waals surface area contributed by atoms with Crippen LogP contribution in [0, 0.1) is 11.6 Å². The molecular weight excluding hydrogens is 282 g/mol. The number of rotatable bonds is 5. The summed E-state index contributed by atoms with van der Waals surface area (Å²) in [5.74, 6) is -2.80. The minimum absolute atomic E-state index is 0.0246. The number of nitrogens with zero attached hydrogens (tertiary/aromatic N) is 1. The Labute approximate surface area is 118 Å². The molecule has 0 aliphatic carbocycles. The van der Waals surface area contributed by atoms with E-state index < -0.39 is 23.4 Å². The number of hydrogen-bond donors (Lipinski definition) is 3. The number of amides is 2. The Bertz CT molecular complexity index is 664. The Balaban J connectivity index is 2.26. The lowest BCUT2D eigenvalue weighted by atomic mass is 10.1. The van der Waals surface area contributed by atoms with Gasteiger partial charge in [0.25, 0.3) is 5.91 Å². The highest BCUT2D eigenvalue weighted by Gasteiger charge is 2.20. The summed E-state index contributed by atoms with van der Waals surface area (Å²) in [5.41, 5.74) is 4.49. The molecule has 0 aliphatic heterocycles. The van der Waals surface area contributed by atoms with E-state index in [1.54, 1.807) is 0 Å². The predicted molar refractivity (Wildman–Crippen MR) is 70.1 cm³/mol. The predicted octanol–water partition coefficient (Wildman–Crippen LogP) is 0.960. The normalized spacial score (nSPS) is 10.4. The Kier molecular flexibility index (Phi) is 4.27. The first-order valence-corrected chi connectivity index (χ1v) is 6.05. The van der Waals surface area contributed by atoms with Gasteiger partial charge in [0.2, 0.25) is 5.91 Å². The molecule has 0 fully saturated rings. The molecule has 2 aromatic rings. The lowest BCUT2D eigenvalue weighted by Gasteiger charge is -2.06. The molecule has 2 rings (SSSR count). The summed E-state index contributed by atoms with van der Waals surface area (Å²) >= 11 is 0. The van der Waals surface area contributed by atoms with E-state index in [0.717, 1.165) is 18.3 Å². The SMILES string of the molecule is NC(=O)CCNC(=O)c1cn[nH]c1-c1c(F)cccc1F. The van der Waals surface area contributed by atoms with Crippen molar-refractivity contribution in [3.63, 3.8) is 0 Å². The fourth-order valence-electron chi connectivity index (χ4n) is 1.78. The van der Waals surface area contributed by atoms with Crippen molar-refractivity contribution in [3.05, 3.63) is 41.6 Å². The molecule has 6 nitrogen and oxygen atoms in total. The summed E-state index contributed by atoms with van der Waals surface area (Å²) in [6, 6.07) is 3.37. The molecule has 110 valence electrons. The van der Waals surface area contributed by atoms with E-state index in [2.05, 4.69) is 15.5 Å². The van der Waals surface area contributed by atoms with Crippen LogP contribution in [0.1, 0.15) is 16.8 Å². The second kappa shape index (κ2) is 6.12. The van der Waals surface area contributed by atoms with Crippen LogP contribution in [0.4, 0.5) is 8.78 Å². The minimum Gasteiger partial charge on any atom is -0.370 e. The number of benzene rings is 1. The molecule has 0 radical (unpaired) electrons.